The van der Waals surface area contributed by atoms with Crippen molar-refractivity contribution in [1.82, 2.24) is 5.32 Å². The fourth-order valence-corrected chi connectivity index (χ4v) is 19.1. The molecule has 0 aliphatic carbocycles. The molecule has 1 aromatic carbocycles. The van der Waals surface area contributed by atoms with E-state index in [1.165, 1.54) is 9.17 Å². The van der Waals surface area contributed by atoms with Crippen LogP contribution in [-0.2, 0) is 16.0 Å². The van der Waals surface area contributed by atoms with Crippen LogP contribution in [0.5, 0.6) is 0 Å². The number of nitrogens with one attached hydrogen (secondary N) is 1. The van der Waals surface area contributed by atoms with Gasteiger partial charge in [0.05, 0.1) is 0 Å². The molecular weight excluding hydrogens is 644 g/mol. The first-order valence-corrected chi connectivity index (χ1v) is 24.3. The van der Waals surface area contributed by atoms with Gasteiger partial charge in [-0.3, -0.25) is 0 Å². The Morgan fingerprint density at radius 3 is 2.46 bits per heavy atom. The maximum absolute atomic E-state index is 13.0. The first-order valence-electron chi connectivity index (χ1n) is 8.18. The van der Waals surface area contributed by atoms with E-state index >= 15 is 0 Å². The Morgan fingerprint density at radius 1 is 1.25 bits per heavy atom. The van der Waals surface area contributed by atoms with Crippen molar-refractivity contribution in [2.75, 3.05) is 6.61 Å². The maximum atomic E-state index is 13.0. The van der Waals surface area contributed by atoms with Gasteiger partial charge in [0, 0.05) is 0 Å². The van der Waals surface area contributed by atoms with Crippen molar-refractivity contribution in [1.29, 1.82) is 0 Å². The molecule has 1 unspecified atom stereocenters. The van der Waals surface area contributed by atoms with E-state index in [2.05, 4.69) is 102 Å². The molecule has 0 fully saturated rings. The number of fused-ring (bicyclic) bond motifs is 1. The van der Waals surface area contributed by atoms with Gasteiger partial charge < -0.3 is 0 Å². The predicted molar refractivity (Wildman–Crippen MR) is 120 cm³/mol. The van der Waals surface area contributed by atoms with E-state index in [0.29, 0.717) is 6.61 Å². The van der Waals surface area contributed by atoms with Crippen molar-refractivity contribution in [3.05, 3.63) is 29.8 Å². The van der Waals surface area contributed by atoms with Crippen LogP contribution in [-0.4, -0.2) is 33.9 Å². The molecule has 1 heterocycles. The Hall–Kier alpha value is 0.900. The molecule has 0 saturated heterocycles. The second-order valence-corrected chi connectivity index (χ2v) is 43.6. The average molecular weight is 671 g/mol. The molecule has 6 heteroatoms. The van der Waals surface area contributed by atoms with Crippen LogP contribution >= 0.6 is 37.4 Å². The fraction of sp³-hybridized carbons (Fsp3) is 0.611. The summed E-state index contributed by atoms with van der Waals surface area (Å²) in [6.07, 6.45) is 1.71. The van der Waals surface area contributed by atoms with Crippen LogP contribution in [0.2, 0.25) is 3.97 Å². The fourth-order valence-electron chi connectivity index (χ4n) is 2.71. The SMILES string of the molecule is CC(C)(CCOC(C)(C)C)NC(=O)C1Cc2ccccc2[Te]1(I)I. The van der Waals surface area contributed by atoms with Crippen molar-refractivity contribution < 1.29 is 9.53 Å². The van der Waals surface area contributed by atoms with E-state index in [-0.39, 0.29) is 21.0 Å². The third kappa shape index (κ3) is 5.45. The van der Waals surface area contributed by atoms with E-state index < -0.39 is 10.3 Å². The average Bonchev–Trinajstić information content (AvgIpc) is 2.69. The van der Waals surface area contributed by atoms with Gasteiger partial charge in [-0.1, -0.05) is 0 Å². The Bertz CT molecular complexity index is 611. The molecule has 1 N–H and O–H groups in total. The normalized spacial score (nSPS) is 21.2. The molecule has 1 aliphatic rings. The molecule has 0 saturated carbocycles. The molecule has 1 aliphatic heterocycles. The van der Waals surface area contributed by atoms with Gasteiger partial charge in [0.25, 0.3) is 0 Å². The zero-order valence-corrected chi connectivity index (χ0v) is 21.6. The number of halogens is 2. The van der Waals surface area contributed by atoms with Gasteiger partial charge in [0.2, 0.25) is 0 Å². The summed E-state index contributed by atoms with van der Waals surface area (Å²) in [5, 5.41) is 3.29. The summed E-state index contributed by atoms with van der Waals surface area (Å²) in [5.41, 5.74) is 0.988. The van der Waals surface area contributed by atoms with E-state index in [1.807, 2.05) is 0 Å². The number of hydrogen-bond acceptors (Lipinski definition) is 2. The second-order valence-electron chi connectivity index (χ2n) is 7.89. The molecule has 1 aromatic rings. The zero-order valence-electron chi connectivity index (χ0n) is 15.0. The number of ether oxygens (including phenoxy) is 1. The Kier molecular flexibility index (Phi) is 6.95. The number of carbonyl (C=O) groups is 1. The van der Waals surface area contributed by atoms with E-state index in [1.54, 1.807) is 0 Å². The van der Waals surface area contributed by atoms with Crippen molar-refractivity contribution in [3.63, 3.8) is 0 Å². The van der Waals surface area contributed by atoms with E-state index in [0.717, 1.165) is 12.8 Å². The monoisotopic (exact) mass is 673 g/mol. The molecule has 24 heavy (non-hydrogen) atoms. The van der Waals surface area contributed by atoms with Crippen molar-refractivity contribution in [2.45, 2.75) is 62.6 Å². The van der Waals surface area contributed by atoms with Crippen LogP contribution < -0.4 is 8.93 Å². The molecular formula is C18H27I2NO2Te. The predicted octanol–water partition coefficient (Wildman–Crippen LogP) is 4.23. The zero-order chi connectivity index (χ0) is 18.2. The van der Waals surface area contributed by atoms with E-state index in [4.69, 9.17) is 4.74 Å². The van der Waals surface area contributed by atoms with Crippen LogP contribution in [0.3, 0.4) is 0 Å². The molecule has 0 bridgehead atoms. The van der Waals surface area contributed by atoms with Crippen molar-refractivity contribution in [2.24, 2.45) is 0 Å². The van der Waals surface area contributed by atoms with Gasteiger partial charge in [-0.05, 0) is 0 Å². The van der Waals surface area contributed by atoms with Crippen LogP contribution in [0.1, 0.15) is 46.6 Å². The van der Waals surface area contributed by atoms with Crippen LogP contribution in [0.4, 0.5) is 0 Å². The summed E-state index contributed by atoms with van der Waals surface area (Å²) in [6.45, 7) is 11.0. The first-order chi connectivity index (χ1) is 10.9. The van der Waals surface area contributed by atoms with Gasteiger partial charge in [-0.15, -0.1) is 0 Å². The van der Waals surface area contributed by atoms with Crippen LogP contribution in [0.15, 0.2) is 24.3 Å². The van der Waals surface area contributed by atoms with Crippen LogP contribution in [0, 0.1) is 0 Å². The molecule has 136 valence electrons. The topological polar surface area (TPSA) is 38.3 Å². The minimum atomic E-state index is -2.42. The Balaban J connectivity index is 2.00. The number of benzene rings is 1. The molecule has 0 aromatic heterocycles. The number of hydrogen-bond donors (Lipinski definition) is 1. The van der Waals surface area contributed by atoms with Gasteiger partial charge in [-0.25, -0.2) is 0 Å². The molecule has 0 radical (unpaired) electrons. The summed E-state index contributed by atoms with van der Waals surface area (Å²) in [4.78, 5) is 13.0. The minimum absolute atomic E-state index is 0.137. The van der Waals surface area contributed by atoms with Crippen LogP contribution in [0.25, 0.3) is 0 Å². The molecule has 1 atom stereocenters. The van der Waals surface area contributed by atoms with Crippen molar-refractivity contribution in [3.8, 4) is 0 Å². The molecule has 3 nitrogen and oxygen atoms in total. The summed E-state index contributed by atoms with van der Waals surface area (Å²) < 4.78 is 7.44. The van der Waals surface area contributed by atoms with Gasteiger partial charge in [-0.2, -0.15) is 0 Å². The summed E-state index contributed by atoms with van der Waals surface area (Å²) in [7, 11) is -2.42. The van der Waals surface area contributed by atoms with Gasteiger partial charge in [0.15, 0.2) is 0 Å². The number of carbonyl (C=O) groups excluding carboxylic acids is 1. The third-order valence-corrected chi connectivity index (χ3v) is 24.6. The van der Waals surface area contributed by atoms with Crippen molar-refractivity contribution >= 4 is 57.2 Å². The molecule has 1 amide bonds. The quantitative estimate of drug-likeness (QED) is 0.377. The first kappa shape index (κ1) is 21.2. The van der Waals surface area contributed by atoms with E-state index in [9.17, 15) is 4.79 Å². The summed E-state index contributed by atoms with van der Waals surface area (Å²) >= 11 is 5.23. The summed E-state index contributed by atoms with van der Waals surface area (Å²) in [5.74, 6) is 0.219. The second kappa shape index (κ2) is 7.87. The standard InChI is InChI=1S/C18H27I2NO2Te/c1-17(2,3)23-11-10-18(4,5)21-16(22)15-12-13-8-6-7-9-14(13)24(15,19)20/h6-9,15H,10-12H2,1-5H3,(H,21,22). The molecule has 2 rings (SSSR count). The van der Waals surface area contributed by atoms with Gasteiger partial charge in [0.1, 0.15) is 0 Å². The molecule has 0 spiro atoms. The summed E-state index contributed by atoms with van der Waals surface area (Å²) in [6, 6.07) is 8.59. The number of rotatable bonds is 5. The third-order valence-electron chi connectivity index (χ3n) is 4.04. The number of amides is 1. The Morgan fingerprint density at radius 2 is 1.88 bits per heavy atom. The van der Waals surface area contributed by atoms with Gasteiger partial charge >= 0.3 is 171 Å². The Labute approximate surface area is 169 Å².